The highest BCUT2D eigenvalue weighted by atomic mass is 32.1. The average Bonchev–Trinajstić information content (AvgIpc) is 2.17. The highest BCUT2D eigenvalue weighted by Gasteiger charge is 2.38. The average molecular weight is 164 g/mol. The molecule has 2 unspecified atom stereocenters. The Morgan fingerprint density at radius 3 is 2.40 bits per heavy atom. The summed E-state index contributed by atoms with van der Waals surface area (Å²) < 4.78 is 5.16. The van der Waals surface area contributed by atoms with Crippen molar-refractivity contribution >= 4 is 12.6 Å². The van der Waals surface area contributed by atoms with E-state index in [4.69, 9.17) is 9.84 Å². The summed E-state index contributed by atoms with van der Waals surface area (Å²) in [5, 5.41) is 17.7. The van der Waals surface area contributed by atoms with Crippen molar-refractivity contribution in [3.8, 4) is 0 Å². The van der Waals surface area contributed by atoms with Crippen molar-refractivity contribution in [3.63, 3.8) is 0 Å². The summed E-state index contributed by atoms with van der Waals surface area (Å²) in [4.78, 5) is 0. The molecule has 0 aromatic rings. The fourth-order valence-electron chi connectivity index (χ4n) is 1.09. The monoisotopic (exact) mass is 164 g/mol. The van der Waals surface area contributed by atoms with Crippen LogP contribution in [0.2, 0.25) is 0 Å². The van der Waals surface area contributed by atoms with Gasteiger partial charge in [0.2, 0.25) is 0 Å². The highest BCUT2D eigenvalue weighted by molar-refractivity contribution is 7.81. The minimum Gasteiger partial charge on any atom is -0.394 e. The molecule has 1 rings (SSSR count). The Hall–Kier alpha value is 0.230. The first-order valence-electron chi connectivity index (χ1n) is 3.29. The maximum absolute atomic E-state index is 9.26. The van der Waals surface area contributed by atoms with E-state index >= 15 is 0 Å². The lowest BCUT2D eigenvalue weighted by Gasteiger charge is -2.10. The van der Waals surface area contributed by atoms with E-state index in [9.17, 15) is 5.11 Å². The van der Waals surface area contributed by atoms with Gasteiger partial charge in [0.05, 0.1) is 30.2 Å². The summed E-state index contributed by atoms with van der Waals surface area (Å²) in [6.45, 7) is 1.69. The molecule has 0 aromatic carbocycles. The van der Waals surface area contributed by atoms with Crippen molar-refractivity contribution in [3.05, 3.63) is 0 Å². The molecule has 0 aliphatic carbocycles. The number of rotatable bonds is 1. The van der Waals surface area contributed by atoms with Gasteiger partial charge in [0.25, 0.3) is 0 Å². The first-order valence-corrected chi connectivity index (χ1v) is 3.81. The van der Waals surface area contributed by atoms with Crippen molar-refractivity contribution in [1.29, 1.82) is 0 Å². The molecule has 0 amide bonds. The van der Waals surface area contributed by atoms with Gasteiger partial charge >= 0.3 is 0 Å². The van der Waals surface area contributed by atoms with Crippen LogP contribution in [0.15, 0.2) is 0 Å². The lowest BCUT2D eigenvalue weighted by Crippen LogP contribution is -2.28. The van der Waals surface area contributed by atoms with Crippen molar-refractivity contribution < 1.29 is 14.9 Å². The van der Waals surface area contributed by atoms with Crippen LogP contribution in [0.1, 0.15) is 6.92 Å². The van der Waals surface area contributed by atoms with Crippen LogP contribution < -0.4 is 0 Å². The number of aliphatic hydroxyl groups is 2. The molecule has 1 heterocycles. The number of ether oxygens (including phenoxy) is 1. The van der Waals surface area contributed by atoms with Crippen molar-refractivity contribution in [2.24, 2.45) is 0 Å². The molecular formula is C6H12O3S. The summed E-state index contributed by atoms with van der Waals surface area (Å²) in [7, 11) is 0. The first-order chi connectivity index (χ1) is 4.66. The van der Waals surface area contributed by atoms with Crippen molar-refractivity contribution in [1.82, 2.24) is 0 Å². The molecule has 3 nitrogen and oxygen atoms in total. The molecule has 0 bridgehead atoms. The number of hydrogen-bond donors (Lipinski definition) is 3. The standard InChI is InChI=1S/C6H12O3S/c1-3-5(8)6(10)4(2-7)9-3/h3-8,10H,2H2,1H3/t3-,4+,5?,6?/m0/s1. The number of hydrogen-bond acceptors (Lipinski definition) is 4. The van der Waals surface area contributed by atoms with Gasteiger partial charge in [-0.05, 0) is 6.92 Å². The SMILES string of the molecule is C[C@@H]1O[C@H](CO)C(S)C1O. The van der Waals surface area contributed by atoms with E-state index in [2.05, 4.69) is 12.6 Å². The third kappa shape index (κ3) is 1.29. The number of aliphatic hydroxyl groups excluding tert-OH is 2. The van der Waals surface area contributed by atoms with E-state index in [1.807, 2.05) is 0 Å². The third-order valence-electron chi connectivity index (χ3n) is 1.78. The Bertz CT molecular complexity index is 120. The largest absolute Gasteiger partial charge is 0.394 e. The quantitative estimate of drug-likeness (QED) is 0.455. The van der Waals surface area contributed by atoms with E-state index in [0.717, 1.165) is 0 Å². The molecule has 1 saturated heterocycles. The maximum atomic E-state index is 9.26. The molecule has 60 valence electrons. The Balaban J connectivity index is 2.53. The van der Waals surface area contributed by atoms with E-state index < -0.39 is 6.10 Å². The summed E-state index contributed by atoms with van der Waals surface area (Å²) >= 11 is 4.09. The Morgan fingerprint density at radius 1 is 1.60 bits per heavy atom. The summed E-state index contributed by atoms with van der Waals surface area (Å²) in [6, 6.07) is 0. The lowest BCUT2D eigenvalue weighted by atomic mass is 10.1. The predicted molar refractivity (Wildman–Crippen MR) is 40.2 cm³/mol. The van der Waals surface area contributed by atoms with E-state index in [0.29, 0.717) is 0 Å². The van der Waals surface area contributed by atoms with Crippen molar-refractivity contribution in [2.75, 3.05) is 6.61 Å². The molecular weight excluding hydrogens is 152 g/mol. The third-order valence-corrected chi connectivity index (χ3v) is 2.42. The van der Waals surface area contributed by atoms with Crippen molar-refractivity contribution in [2.45, 2.75) is 30.5 Å². The van der Waals surface area contributed by atoms with Crippen LogP contribution in [0.25, 0.3) is 0 Å². The Labute approximate surface area is 65.4 Å². The topological polar surface area (TPSA) is 49.7 Å². The second kappa shape index (κ2) is 3.09. The van der Waals surface area contributed by atoms with Gasteiger partial charge in [-0.3, -0.25) is 0 Å². The van der Waals surface area contributed by atoms with Crippen LogP contribution in [0.3, 0.4) is 0 Å². The molecule has 1 fully saturated rings. The van der Waals surface area contributed by atoms with Crippen LogP contribution in [-0.4, -0.2) is 40.4 Å². The molecule has 1 aliphatic rings. The molecule has 0 spiro atoms. The molecule has 1 aliphatic heterocycles. The van der Waals surface area contributed by atoms with Crippen LogP contribution in [0.4, 0.5) is 0 Å². The van der Waals surface area contributed by atoms with Gasteiger partial charge in [-0.2, -0.15) is 12.6 Å². The first kappa shape index (κ1) is 8.33. The normalized spacial score (nSPS) is 48.0. The van der Waals surface area contributed by atoms with Crippen LogP contribution in [0.5, 0.6) is 0 Å². The van der Waals surface area contributed by atoms with Crippen LogP contribution in [-0.2, 0) is 4.74 Å². The molecule has 0 saturated carbocycles. The zero-order valence-electron chi connectivity index (χ0n) is 5.77. The maximum Gasteiger partial charge on any atom is 0.0952 e. The van der Waals surface area contributed by atoms with Gasteiger partial charge in [0, 0.05) is 0 Å². The van der Waals surface area contributed by atoms with Crippen LogP contribution in [0, 0.1) is 0 Å². The van der Waals surface area contributed by atoms with Gasteiger partial charge in [0.1, 0.15) is 0 Å². The molecule has 4 atom stereocenters. The van der Waals surface area contributed by atoms with Gasteiger partial charge in [-0.15, -0.1) is 0 Å². The second-order valence-electron chi connectivity index (χ2n) is 2.54. The zero-order chi connectivity index (χ0) is 7.72. The minimum atomic E-state index is -0.555. The van der Waals surface area contributed by atoms with E-state index in [-0.39, 0.29) is 24.1 Å². The zero-order valence-corrected chi connectivity index (χ0v) is 6.66. The molecule has 0 radical (unpaired) electrons. The predicted octanol–water partition coefficient (Wildman–Crippen LogP) is -0.575. The smallest absolute Gasteiger partial charge is 0.0952 e. The van der Waals surface area contributed by atoms with Crippen LogP contribution >= 0.6 is 12.6 Å². The highest BCUT2D eigenvalue weighted by Crippen LogP contribution is 2.24. The molecule has 2 N–H and O–H groups in total. The lowest BCUT2D eigenvalue weighted by molar-refractivity contribution is 0.000853. The van der Waals surface area contributed by atoms with Gasteiger partial charge < -0.3 is 14.9 Å². The second-order valence-corrected chi connectivity index (χ2v) is 3.14. The summed E-state index contributed by atoms with van der Waals surface area (Å²) in [6.07, 6.45) is -1.08. The Kier molecular flexibility index (Phi) is 2.57. The van der Waals surface area contributed by atoms with Gasteiger partial charge in [-0.25, -0.2) is 0 Å². The van der Waals surface area contributed by atoms with E-state index in [1.165, 1.54) is 0 Å². The molecule has 10 heavy (non-hydrogen) atoms. The summed E-state index contributed by atoms with van der Waals surface area (Å²) in [5.41, 5.74) is 0. The number of thiol groups is 1. The van der Waals surface area contributed by atoms with Gasteiger partial charge in [-0.1, -0.05) is 0 Å². The van der Waals surface area contributed by atoms with Gasteiger partial charge in [0.15, 0.2) is 0 Å². The Morgan fingerprint density at radius 2 is 2.20 bits per heavy atom. The fraction of sp³-hybridized carbons (Fsp3) is 1.00. The van der Waals surface area contributed by atoms with E-state index in [1.54, 1.807) is 6.92 Å². The summed E-state index contributed by atoms with van der Waals surface area (Å²) in [5.74, 6) is 0. The molecule has 0 aromatic heterocycles. The minimum absolute atomic E-state index is 0.0738. The molecule has 4 heteroatoms. The fourth-order valence-corrected chi connectivity index (χ4v) is 1.49.